The van der Waals surface area contributed by atoms with Gasteiger partial charge in [0.25, 0.3) is 0 Å². The van der Waals surface area contributed by atoms with Crippen molar-refractivity contribution >= 4 is 23.1 Å². The SMILES string of the molecule is CC(=O)NCCC=Cc1ccc2[nH]c(=O)oc2c1. The lowest BCUT2D eigenvalue weighted by atomic mass is 10.2. The van der Waals surface area contributed by atoms with Crippen molar-refractivity contribution in [3.8, 4) is 0 Å². The lowest BCUT2D eigenvalue weighted by molar-refractivity contribution is -0.118. The van der Waals surface area contributed by atoms with E-state index < -0.39 is 5.76 Å². The Kier molecular flexibility index (Phi) is 3.62. The van der Waals surface area contributed by atoms with Crippen LogP contribution in [0.15, 0.2) is 33.5 Å². The predicted molar refractivity (Wildman–Crippen MR) is 69.2 cm³/mol. The van der Waals surface area contributed by atoms with Crippen LogP contribution in [0, 0.1) is 0 Å². The van der Waals surface area contributed by atoms with Gasteiger partial charge in [-0.05, 0) is 24.1 Å². The van der Waals surface area contributed by atoms with Crippen LogP contribution in [0.5, 0.6) is 0 Å². The van der Waals surface area contributed by atoms with Gasteiger partial charge in [-0.3, -0.25) is 9.78 Å². The molecule has 0 aliphatic carbocycles. The molecule has 0 radical (unpaired) electrons. The molecule has 0 unspecified atom stereocenters. The van der Waals surface area contributed by atoms with Gasteiger partial charge < -0.3 is 9.73 Å². The summed E-state index contributed by atoms with van der Waals surface area (Å²) in [5, 5.41) is 2.71. The standard InChI is InChI=1S/C13H14N2O3/c1-9(16)14-7-3-2-4-10-5-6-11-12(8-10)18-13(17)15-11/h2,4-6,8H,3,7H2,1H3,(H,14,16)(H,15,17). The molecule has 0 aliphatic heterocycles. The van der Waals surface area contributed by atoms with E-state index in [2.05, 4.69) is 10.3 Å². The number of carbonyl (C=O) groups excluding carboxylic acids is 1. The molecule has 2 aromatic rings. The average molecular weight is 246 g/mol. The second-order valence-electron chi connectivity index (χ2n) is 3.94. The first-order chi connectivity index (χ1) is 8.65. The molecule has 94 valence electrons. The Bertz CT molecular complexity index is 637. The highest BCUT2D eigenvalue weighted by atomic mass is 16.4. The smallest absolute Gasteiger partial charge is 0.408 e. The minimum Gasteiger partial charge on any atom is -0.408 e. The van der Waals surface area contributed by atoms with Crippen molar-refractivity contribution in [2.45, 2.75) is 13.3 Å². The second-order valence-corrected chi connectivity index (χ2v) is 3.94. The van der Waals surface area contributed by atoms with Crippen LogP contribution in [0.2, 0.25) is 0 Å². The van der Waals surface area contributed by atoms with Gasteiger partial charge in [-0.15, -0.1) is 0 Å². The van der Waals surface area contributed by atoms with Gasteiger partial charge >= 0.3 is 5.76 Å². The molecular weight excluding hydrogens is 232 g/mol. The minimum absolute atomic E-state index is 0.0288. The molecule has 0 bridgehead atoms. The molecule has 1 amide bonds. The van der Waals surface area contributed by atoms with E-state index in [1.54, 1.807) is 12.1 Å². The fourth-order valence-corrected chi connectivity index (χ4v) is 1.62. The highest BCUT2D eigenvalue weighted by Gasteiger charge is 1.99. The Hall–Kier alpha value is -2.30. The molecule has 0 saturated carbocycles. The monoisotopic (exact) mass is 246 g/mol. The fourth-order valence-electron chi connectivity index (χ4n) is 1.62. The molecule has 0 spiro atoms. The van der Waals surface area contributed by atoms with E-state index in [1.807, 2.05) is 18.2 Å². The number of amides is 1. The Morgan fingerprint density at radius 2 is 2.33 bits per heavy atom. The van der Waals surface area contributed by atoms with Gasteiger partial charge in [-0.1, -0.05) is 18.2 Å². The van der Waals surface area contributed by atoms with E-state index in [0.717, 1.165) is 12.0 Å². The number of hydrogen-bond donors (Lipinski definition) is 2. The number of carbonyl (C=O) groups is 1. The van der Waals surface area contributed by atoms with Crippen molar-refractivity contribution in [1.82, 2.24) is 10.3 Å². The van der Waals surface area contributed by atoms with E-state index in [4.69, 9.17) is 4.42 Å². The van der Waals surface area contributed by atoms with E-state index in [0.29, 0.717) is 17.6 Å². The molecule has 0 saturated heterocycles. The number of hydrogen-bond acceptors (Lipinski definition) is 3. The normalized spacial score (nSPS) is 11.2. The summed E-state index contributed by atoms with van der Waals surface area (Å²) >= 11 is 0. The molecule has 5 nitrogen and oxygen atoms in total. The zero-order valence-electron chi connectivity index (χ0n) is 10.0. The van der Waals surface area contributed by atoms with Gasteiger partial charge in [0.1, 0.15) is 0 Å². The maximum Gasteiger partial charge on any atom is 0.417 e. The highest BCUT2D eigenvalue weighted by Crippen LogP contribution is 2.13. The maximum absolute atomic E-state index is 11.0. The second kappa shape index (κ2) is 5.35. The summed E-state index contributed by atoms with van der Waals surface area (Å²) in [6.45, 7) is 2.11. The van der Waals surface area contributed by atoms with Crippen LogP contribution < -0.4 is 11.1 Å². The summed E-state index contributed by atoms with van der Waals surface area (Å²) in [4.78, 5) is 24.2. The summed E-state index contributed by atoms with van der Waals surface area (Å²) in [5.74, 6) is -0.476. The summed E-state index contributed by atoms with van der Waals surface area (Å²) in [7, 11) is 0. The molecule has 2 N–H and O–H groups in total. The molecule has 5 heteroatoms. The zero-order valence-corrected chi connectivity index (χ0v) is 10.0. The van der Waals surface area contributed by atoms with Crippen LogP contribution in [0.1, 0.15) is 18.9 Å². The van der Waals surface area contributed by atoms with Gasteiger partial charge in [0, 0.05) is 13.5 Å². The van der Waals surface area contributed by atoms with E-state index in [-0.39, 0.29) is 5.91 Å². The summed E-state index contributed by atoms with van der Waals surface area (Å²) < 4.78 is 4.97. The van der Waals surface area contributed by atoms with E-state index >= 15 is 0 Å². The van der Waals surface area contributed by atoms with Crippen LogP contribution in [-0.4, -0.2) is 17.4 Å². The van der Waals surface area contributed by atoms with E-state index in [9.17, 15) is 9.59 Å². The van der Waals surface area contributed by atoms with Crippen molar-refractivity contribution in [1.29, 1.82) is 0 Å². The Balaban J connectivity index is 2.00. The summed E-state index contributed by atoms with van der Waals surface area (Å²) in [6.07, 6.45) is 4.64. The van der Waals surface area contributed by atoms with Gasteiger partial charge in [0.05, 0.1) is 5.52 Å². The molecule has 1 aromatic carbocycles. The van der Waals surface area contributed by atoms with Crippen molar-refractivity contribution < 1.29 is 9.21 Å². The average Bonchev–Trinajstić information content (AvgIpc) is 2.67. The van der Waals surface area contributed by atoms with Crippen molar-refractivity contribution in [2.24, 2.45) is 0 Å². The fraction of sp³-hybridized carbons (Fsp3) is 0.231. The number of H-pyrrole nitrogens is 1. The third-order valence-corrected chi connectivity index (χ3v) is 2.44. The summed E-state index contributed by atoms with van der Waals surface area (Å²) in [5.41, 5.74) is 2.19. The number of nitrogens with one attached hydrogen (secondary N) is 2. The number of rotatable bonds is 4. The lowest BCUT2D eigenvalue weighted by Crippen LogP contribution is -2.20. The highest BCUT2D eigenvalue weighted by molar-refractivity contribution is 5.75. The molecular formula is C13H14N2O3. The molecule has 2 rings (SSSR count). The number of fused-ring (bicyclic) bond motifs is 1. The van der Waals surface area contributed by atoms with Gasteiger partial charge in [-0.2, -0.15) is 0 Å². The Morgan fingerprint density at radius 1 is 1.50 bits per heavy atom. The predicted octanol–water partition coefficient (Wildman–Crippen LogP) is 1.66. The summed E-state index contributed by atoms with van der Waals surface area (Å²) in [6, 6.07) is 5.48. The van der Waals surface area contributed by atoms with Crippen LogP contribution >= 0.6 is 0 Å². The van der Waals surface area contributed by atoms with Gasteiger partial charge in [0.2, 0.25) is 5.91 Å². The van der Waals surface area contributed by atoms with Crippen LogP contribution in [0.25, 0.3) is 17.2 Å². The Labute approximate surface area is 104 Å². The van der Waals surface area contributed by atoms with Crippen LogP contribution in [0.4, 0.5) is 0 Å². The third-order valence-electron chi connectivity index (χ3n) is 2.44. The lowest BCUT2D eigenvalue weighted by Gasteiger charge is -1.97. The van der Waals surface area contributed by atoms with Gasteiger partial charge in [-0.25, -0.2) is 4.79 Å². The minimum atomic E-state index is -0.447. The third kappa shape index (κ3) is 3.10. The quantitative estimate of drug-likeness (QED) is 0.805. The van der Waals surface area contributed by atoms with Crippen LogP contribution in [-0.2, 0) is 4.79 Å². The first kappa shape index (κ1) is 12.2. The molecule has 1 heterocycles. The van der Waals surface area contributed by atoms with E-state index in [1.165, 1.54) is 6.92 Å². The zero-order chi connectivity index (χ0) is 13.0. The largest absolute Gasteiger partial charge is 0.417 e. The van der Waals surface area contributed by atoms with Crippen molar-refractivity contribution in [3.63, 3.8) is 0 Å². The number of oxazole rings is 1. The molecule has 0 atom stereocenters. The first-order valence-electron chi connectivity index (χ1n) is 5.69. The number of benzene rings is 1. The maximum atomic E-state index is 11.0. The first-order valence-corrected chi connectivity index (χ1v) is 5.69. The number of aromatic amines is 1. The van der Waals surface area contributed by atoms with Crippen LogP contribution in [0.3, 0.4) is 0 Å². The molecule has 1 aromatic heterocycles. The molecule has 18 heavy (non-hydrogen) atoms. The topological polar surface area (TPSA) is 75.1 Å². The molecule has 0 fully saturated rings. The molecule has 0 aliphatic rings. The number of aromatic nitrogens is 1. The van der Waals surface area contributed by atoms with Gasteiger partial charge in [0.15, 0.2) is 5.58 Å². The Morgan fingerprint density at radius 3 is 3.11 bits per heavy atom. The van der Waals surface area contributed by atoms with Crippen molar-refractivity contribution in [2.75, 3.05) is 6.54 Å². The van der Waals surface area contributed by atoms with Crippen molar-refractivity contribution in [3.05, 3.63) is 40.4 Å².